The largest absolute Gasteiger partial charge is 0.387 e. The summed E-state index contributed by atoms with van der Waals surface area (Å²) in [5.74, 6) is 0. The molecule has 0 aliphatic carbocycles. The average molecular weight is 234 g/mol. The van der Waals surface area contributed by atoms with E-state index in [0.717, 1.165) is 12.2 Å². The van der Waals surface area contributed by atoms with Gasteiger partial charge in [-0.2, -0.15) is 0 Å². The van der Waals surface area contributed by atoms with Gasteiger partial charge in [0.05, 0.1) is 23.7 Å². The Morgan fingerprint density at radius 3 is 2.47 bits per heavy atom. The van der Waals surface area contributed by atoms with Crippen molar-refractivity contribution in [2.24, 2.45) is 0 Å². The number of aliphatic hydroxyl groups is 1. The molecule has 0 amide bonds. The Morgan fingerprint density at radius 1 is 1.47 bits per heavy atom. The summed E-state index contributed by atoms with van der Waals surface area (Å²) in [5, 5.41) is 9.42. The summed E-state index contributed by atoms with van der Waals surface area (Å²) in [7, 11) is 0. The zero-order valence-corrected chi connectivity index (χ0v) is 11.1. The molecule has 0 unspecified atom stereocenters. The number of anilines is 1. The minimum Gasteiger partial charge on any atom is -0.387 e. The summed E-state index contributed by atoms with van der Waals surface area (Å²) in [6.45, 7) is 12.7. The van der Waals surface area contributed by atoms with Gasteiger partial charge in [-0.05, 0) is 39.8 Å². The quantitative estimate of drug-likeness (QED) is 0.814. The lowest BCUT2D eigenvalue weighted by Gasteiger charge is -2.36. The van der Waals surface area contributed by atoms with Gasteiger partial charge in [-0.15, -0.1) is 6.58 Å². The molecule has 3 nitrogen and oxygen atoms in total. The number of hydrogen-bond donors (Lipinski definition) is 1. The maximum Gasteiger partial charge on any atom is 0.0931 e. The summed E-state index contributed by atoms with van der Waals surface area (Å²) in [5.41, 5.74) is 1.75. The Balaban J connectivity index is 2.99. The molecule has 0 radical (unpaired) electrons. The summed E-state index contributed by atoms with van der Waals surface area (Å²) in [4.78, 5) is 6.49. The Labute approximate surface area is 104 Å². The maximum absolute atomic E-state index is 9.42. The molecule has 0 saturated heterocycles. The van der Waals surface area contributed by atoms with Gasteiger partial charge in [0.1, 0.15) is 0 Å². The van der Waals surface area contributed by atoms with Gasteiger partial charge in [-0.1, -0.05) is 6.08 Å². The van der Waals surface area contributed by atoms with Crippen molar-refractivity contribution in [1.29, 1.82) is 0 Å². The van der Waals surface area contributed by atoms with Crippen LogP contribution in [0.15, 0.2) is 31.0 Å². The van der Waals surface area contributed by atoms with Crippen LogP contribution in [-0.2, 0) is 0 Å². The van der Waals surface area contributed by atoms with Crippen LogP contribution < -0.4 is 4.90 Å². The maximum atomic E-state index is 9.42. The van der Waals surface area contributed by atoms with E-state index in [1.165, 1.54) is 0 Å². The van der Waals surface area contributed by atoms with E-state index < -0.39 is 6.10 Å². The van der Waals surface area contributed by atoms with Crippen molar-refractivity contribution in [2.75, 3.05) is 11.4 Å². The minimum absolute atomic E-state index is 0.0161. The number of aliphatic hydroxyl groups excluding tert-OH is 1. The molecule has 1 atom stereocenters. The summed E-state index contributed by atoms with van der Waals surface area (Å²) < 4.78 is 0. The molecule has 94 valence electrons. The van der Waals surface area contributed by atoms with Gasteiger partial charge >= 0.3 is 0 Å². The number of hydrogen-bond acceptors (Lipinski definition) is 3. The highest BCUT2D eigenvalue weighted by Gasteiger charge is 2.20. The molecule has 17 heavy (non-hydrogen) atoms. The number of aromatic nitrogens is 1. The second-order valence-corrected chi connectivity index (χ2v) is 5.19. The van der Waals surface area contributed by atoms with E-state index in [9.17, 15) is 5.11 Å². The van der Waals surface area contributed by atoms with Gasteiger partial charge in [0, 0.05) is 12.1 Å². The van der Waals surface area contributed by atoms with Crippen molar-refractivity contribution in [3.8, 4) is 0 Å². The van der Waals surface area contributed by atoms with Crippen LogP contribution in [0.4, 0.5) is 5.69 Å². The molecule has 0 aliphatic heterocycles. The lowest BCUT2D eigenvalue weighted by atomic mass is 10.0. The molecule has 0 aromatic carbocycles. The van der Waals surface area contributed by atoms with Crippen molar-refractivity contribution in [1.82, 2.24) is 4.98 Å². The normalized spacial score (nSPS) is 13.2. The molecule has 1 N–H and O–H groups in total. The lowest BCUT2D eigenvalue weighted by Crippen LogP contribution is -2.41. The van der Waals surface area contributed by atoms with Crippen LogP contribution in [0.3, 0.4) is 0 Å². The SMILES string of the molecule is C=CCN(c1ccc([C@H](C)O)nc1)C(C)(C)C. The molecule has 3 heteroatoms. The van der Waals surface area contributed by atoms with Gasteiger partial charge in [-0.3, -0.25) is 4.98 Å². The van der Waals surface area contributed by atoms with Crippen LogP contribution in [0.1, 0.15) is 39.5 Å². The first kappa shape index (κ1) is 13.7. The van der Waals surface area contributed by atoms with Gasteiger partial charge in [-0.25, -0.2) is 0 Å². The van der Waals surface area contributed by atoms with Gasteiger partial charge in [0.2, 0.25) is 0 Å². The summed E-state index contributed by atoms with van der Waals surface area (Å²) in [6, 6.07) is 3.85. The second kappa shape index (κ2) is 5.32. The molecule has 0 fully saturated rings. The van der Waals surface area contributed by atoms with E-state index in [-0.39, 0.29) is 5.54 Å². The topological polar surface area (TPSA) is 36.4 Å². The molecule has 0 bridgehead atoms. The van der Waals surface area contributed by atoms with Crippen LogP contribution >= 0.6 is 0 Å². The summed E-state index contributed by atoms with van der Waals surface area (Å²) in [6.07, 6.45) is 3.16. The Hall–Kier alpha value is -1.35. The predicted octanol–water partition coefficient (Wildman–Crippen LogP) is 2.93. The highest BCUT2D eigenvalue weighted by atomic mass is 16.3. The van der Waals surface area contributed by atoms with Crippen LogP contribution in [0.25, 0.3) is 0 Å². The third-order valence-electron chi connectivity index (χ3n) is 2.63. The van der Waals surface area contributed by atoms with Gasteiger partial charge in [0.25, 0.3) is 0 Å². The molecule has 1 rings (SSSR count). The van der Waals surface area contributed by atoms with E-state index in [1.54, 1.807) is 13.1 Å². The fourth-order valence-corrected chi connectivity index (χ4v) is 1.70. The Bertz CT molecular complexity index is 363. The zero-order valence-electron chi connectivity index (χ0n) is 11.1. The van der Waals surface area contributed by atoms with Crippen LogP contribution in [0.2, 0.25) is 0 Å². The van der Waals surface area contributed by atoms with E-state index in [0.29, 0.717) is 5.69 Å². The molecule has 1 aromatic rings. The Kier molecular flexibility index (Phi) is 4.29. The van der Waals surface area contributed by atoms with E-state index >= 15 is 0 Å². The minimum atomic E-state index is -0.522. The van der Waals surface area contributed by atoms with Gasteiger partial charge < -0.3 is 10.0 Å². The highest BCUT2D eigenvalue weighted by molar-refractivity contribution is 5.47. The molecular weight excluding hydrogens is 212 g/mol. The van der Waals surface area contributed by atoms with E-state index in [2.05, 4.69) is 37.2 Å². The van der Waals surface area contributed by atoms with E-state index in [1.807, 2.05) is 18.2 Å². The molecule has 1 heterocycles. The van der Waals surface area contributed by atoms with Crippen LogP contribution in [-0.4, -0.2) is 22.2 Å². The molecule has 0 aliphatic rings. The number of rotatable bonds is 4. The third kappa shape index (κ3) is 3.56. The molecule has 0 saturated carbocycles. The monoisotopic (exact) mass is 234 g/mol. The molecule has 0 spiro atoms. The van der Waals surface area contributed by atoms with Crippen molar-refractivity contribution in [3.05, 3.63) is 36.7 Å². The number of nitrogens with zero attached hydrogens (tertiary/aromatic N) is 2. The highest BCUT2D eigenvalue weighted by Crippen LogP contribution is 2.23. The second-order valence-electron chi connectivity index (χ2n) is 5.19. The average Bonchev–Trinajstić information content (AvgIpc) is 2.24. The van der Waals surface area contributed by atoms with Crippen molar-refractivity contribution < 1.29 is 5.11 Å². The van der Waals surface area contributed by atoms with Crippen molar-refractivity contribution in [3.63, 3.8) is 0 Å². The first-order valence-corrected chi connectivity index (χ1v) is 5.89. The van der Waals surface area contributed by atoms with Gasteiger partial charge in [0.15, 0.2) is 0 Å². The zero-order chi connectivity index (χ0) is 13.1. The lowest BCUT2D eigenvalue weighted by molar-refractivity contribution is 0.194. The first-order valence-electron chi connectivity index (χ1n) is 5.89. The Morgan fingerprint density at radius 2 is 2.12 bits per heavy atom. The van der Waals surface area contributed by atoms with Crippen LogP contribution in [0, 0.1) is 0 Å². The first-order chi connectivity index (χ1) is 7.86. The standard InChI is InChI=1S/C14H22N2O/c1-6-9-16(14(3,4)5)12-7-8-13(11(2)17)15-10-12/h6-8,10-11,17H,1,9H2,2-5H3/t11-/m0/s1. The fourth-order valence-electron chi connectivity index (χ4n) is 1.70. The number of pyridine rings is 1. The van der Waals surface area contributed by atoms with Crippen LogP contribution in [0.5, 0.6) is 0 Å². The van der Waals surface area contributed by atoms with Crippen molar-refractivity contribution in [2.45, 2.75) is 39.3 Å². The molecular formula is C14H22N2O. The third-order valence-corrected chi connectivity index (χ3v) is 2.63. The summed E-state index contributed by atoms with van der Waals surface area (Å²) >= 11 is 0. The van der Waals surface area contributed by atoms with E-state index in [4.69, 9.17) is 0 Å². The smallest absolute Gasteiger partial charge is 0.0931 e. The molecule has 1 aromatic heterocycles. The van der Waals surface area contributed by atoms with Crippen molar-refractivity contribution >= 4 is 5.69 Å². The fraction of sp³-hybridized carbons (Fsp3) is 0.500. The predicted molar refractivity (Wildman–Crippen MR) is 72.2 cm³/mol.